The van der Waals surface area contributed by atoms with E-state index >= 15 is 0 Å². The minimum atomic E-state index is -3.65. The molecule has 29 heavy (non-hydrogen) atoms. The van der Waals surface area contributed by atoms with E-state index < -0.39 is 21.5 Å². The van der Waals surface area contributed by atoms with Gasteiger partial charge in [0.1, 0.15) is 17.3 Å². The third-order valence-electron chi connectivity index (χ3n) is 4.05. The molecule has 1 N–H and O–H groups in total. The highest BCUT2D eigenvalue weighted by molar-refractivity contribution is 7.99. The van der Waals surface area contributed by atoms with E-state index in [1.807, 2.05) is 11.8 Å². The first-order valence-electron chi connectivity index (χ1n) is 9.50. The normalized spacial score (nSPS) is 11.4. The summed E-state index contributed by atoms with van der Waals surface area (Å²) in [4.78, 5) is 16.3. The number of aromatic nitrogens is 1. The number of ether oxygens (including phenoxy) is 1. The predicted octanol–water partition coefficient (Wildman–Crippen LogP) is 3.22. The van der Waals surface area contributed by atoms with Crippen molar-refractivity contribution in [2.75, 3.05) is 30.9 Å². The fourth-order valence-electron chi connectivity index (χ4n) is 2.60. The minimum Gasteiger partial charge on any atom is -0.497 e. The van der Waals surface area contributed by atoms with Crippen LogP contribution in [0.25, 0.3) is 11.5 Å². The van der Waals surface area contributed by atoms with Gasteiger partial charge in [-0.05, 0) is 49.5 Å². The summed E-state index contributed by atoms with van der Waals surface area (Å²) in [6, 6.07) is 7.16. The highest BCUT2D eigenvalue weighted by atomic mass is 32.2. The zero-order chi connectivity index (χ0) is 21.3. The molecule has 1 aromatic heterocycles. The lowest BCUT2D eigenvalue weighted by Crippen LogP contribution is -2.31. The molecule has 0 saturated heterocycles. The van der Waals surface area contributed by atoms with Crippen molar-refractivity contribution >= 4 is 27.5 Å². The van der Waals surface area contributed by atoms with Gasteiger partial charge < -0.3 is 14.5 Å². The van der Waals surface area contributed by atoms with Crippen molar-refractivity contribution in [1.82, 2.24) is 10.3 Å². The number of thioether (sulfide) groups is 1. The van der Waals surface area contributed by atoms with Gasteiger partial charge in [0.25, 0.3) is 0 Å². The molecule has 0 aliphatic carbocycles. The highest BCUT2D eigenvalue weighted by Gasteiger charge is 2.22. The number of carbonyl (C=O) groups excluding carboxylic acids is 1. The average molecular weight is 441 g/mol. The van der Waals surface area contributed by atoms with Gasteiger partial charge in [-0.25, -0.2) is 13.4 Å². The van der Waals surface area contributed by atoms with Gasteiger partial charge in [0.05, 0.1) is 18.6 Å². The molecule has 0 bridgehead atoms. The molecule has 1 aromatic carbocycles. The first kappa shape index (κ1) is 23.3. The smallest absolute Gasteiger partial charge is 0.235 e. The summed E-state index contributed by atoms with van der Waals surface area (Å²) in [6.45, 7) is 4.26. The molecule has 0 spiro atoms. The summed E-state index contributed by atoms with van der Waals surface area (Å²) in [7, 11) is -2.09. The van der Waals surface area contributed by atoms with E-state index in [2.05, 4.69) is 17.2 Å². The Balaban J connectivity index is 1.92. The summed E-state index contributed by atoms with van der Waals surface area (Å²) in [5.41, 5.74) is 1.00. The van der Waals surface area contributed by atoms with Gasteiger partial charge in [-0.15, -0.1) is 0 Å². The SMILES string of the molecule is CCCSCCCNC(=O)CS(=O)(=O)Cc1nc(-c2cccc(OC)c2)oc1C. The van der Waals surface area contributed by atoms with Crippen molar-refractivity contribution in [3.05, 3.63) is 35.7 Å². The van der Waals surface area contributed by atoms with Crippen molar-refractivity contribution in [2.24, 2.45) is 0 Å². The lowest BCUT2D eigenvalue weighted by atomic mass is 10.2. The quantitative estimate of drug-likeness (QED) is 0.506. The van der Waals surface area contributed by atoms with Crippen molar-refractivity contribution in [1.29, 1.82) is 0 Å². The molecular formula is C20H28N2O5S2. The number of hydrogen-bond donors (Lipinski definition) is 1. The van der Waals surface area contributed by atoms with Crippen LogP contribution in [0.15, 0.2) is 28.7 Å². The number of sulfone groups is 1. The number of nitrogens with one attached hydrogen (secondary N) is 1. The largest absolute Gasteiger partial charge is 0.497 e. The molecule has 7 nitrogen and oxygen atoms in total. The monoisotopic (exact) mass is 440 g/mol. The third-order valence-corrected chi connectivity index (χ3v) is 6.74. The number of methoxy groups -OCH3 is 1. The number of rotatable bonds is 12. The Morgan fingerprint density at radius 2 is 2.10 bits per heavy atom. The lowest BCUT2D eigenvalue weighted by molar-refractivity contribution is -0.118. The lowest BCUT2D eigenvalue weighted by Gasteiger charge is -2.06. The molecule has 1 amide bonds. The molecule has 0 unspecified atom stereocenters. The van der Waals surface area contributed by atoms with Crippen molar-refractivity contribution < 1.29 is 22.4 Å². The first-order valence-corrected chi connectivity index (χ1v) is 12.5. The maximum Gasteiger partial charge on any atom is 0.235 e. The van der Waals surface area contributed by atoms with Gasteiger partial charge in [-0.2, -0.15) is 11.8 Å². The van der Waals surface area contributed by atoms with E-state index in [0.717, 1.165) is 24.3 Å². The van der Waals surface area contributed by atoms with Crippen LogP contribution in [0.3, 0.4) is 0 Å². The molecule has 0 saturated carbocycles. The number of oxazole rings is 1. The number of amides is 1. The van der Waals surface area contributed by atoms with Crippen LogP contribution in [0, 0.1) is 6.92 Å². The number of hydrogen-bond acceptors (Lipinski definition) is 7. The molecule has 1 heterocycles. The molecule has 9 heteroatoms. The molecule has 2 rings (SSSR count). The average Bonchev–Trinajstić information content (AvgIpc) is 3.04. The zero-order valence-corrected chi connectivity index (χ0v) is 18.7. The van der Waals surface area contributed by atoms with E-state index in [1.165, 1.54) is 0 Å². The first-order chi connectivity index (χ1) is 13.8. The summed E-state index contributed by atoms with van der Waals surface area (Å²) in [6.07, 6.45) is 1.94. The highest BCUT2D eigenvalue weighted by Crippen LogP contribution is 2.26. The summed E-state index contributed by atoms with van der Waals surface area (Å²) < 4.78 is 35.6. The molecule has 2 aromatic rings. The second-order valence-electron chi connectivity index (χ2n) is 6.60. The molecule has 0 atom stereocenters. The maximum atomic E-state index is 12.4. The zero-order valence-electron chi connectivity index (χ0n) is 17.1. The standard InChI is InChI=1S/C20H28N2O5S2/c1-4-10-28-11-6-9-21-19(23)14-29(24,25)13-18-15(2)27-20(22-18)16-7-5-8-17(12-16)26-3/h5,7-8,12H,4,6,9-11,13-14H2,1-3H3,(H,21,23). The van der Waals surface area contributed by atoms with Crippen molar-refractivity contribution in [2.45, 2.75) is 32.4 Å². The van der Waals surface area contributed by atoms with E-state index in [0.29, 0.717) is 35.2 Å². The Kier molecular flexibility index (Phi) is 9.03. The predicted molar refractivity (Wildman–Crippen MR) is 116 cm³/mol. The van der Waals surface area contributed by atoms with E-state index in [4.69, 9.17) is 9.15 Å². The van der Waals surface area contributed by atoms with Gasteiger partial charge in [0, 0.05) is 12.1 Å². The van der Waals surface area contributed by atoms with Gasteiger partial charge >= 0.3 is 0 Å². The second-order valence-corrected chi connectivity index (χ2v) is 9.89. The molecule has 0 aliphatic rings. The fourth-order valence-corrected chi connectivity index (χ4v) is 4.73. The Hall–Kier alpha value is -2.00. The molecule has 0 aliphatic heterocycles. The molecule has 0 radical (unpaired) electrons. The molecule has 0 fully saturated rings. The van der Waals surface area contributed by atoms with Crippen molar-refractivity contribution in [3.8, 4) is 17.2 Å². The number of nitrogens with zero attached hydrogens (tertiary/aromatic N) is 1. The topological polar surface area (TPSA) is 98.5 Å². The van der Waals surface area contributed by atoms with Crippen LogP contribution in [-0.2, 0) is 20.4 Å². The van der Waals surface area contributed by atoms with Crippen LogP contribution in [-0.4, -0.2) is 50.2 Å². The Morgan fingerprint density at radius 3 is 2.83 bits per heavy atom. The van der Waals surface area contributed by atoms with Crippen LogP contribution < -0.4 is 10.1 Å². The Morgan fingerprint density at radius 1 is 1.31 bits per heavy atom. The second kappa shape index (κ2) is 11.3. The summed E-state index contributed by atoms with van der Waals surface area (Å²) in [5.74, 6) is 2.04. The van der Waals surface area contributed by atoms with Crippen molar-refractivity contribution in [3.63, 3.8) is 0 Å². The van der Waals surface area contributed by atoms with Gasteiger partial charge in [0.2, 0.25) is 11.8 Å². The minimum absolute atomic E-state index is 0.312. The maximum absolute atomic E-state index is 12.4. The number of carbonyl (C=O) groups is 1. The molecule has 160 valence electrons. The van der Waals surface area contributed by atoms with Gasteiger partial charge in [0.15, 0.2) is 9.84 Å². The van der Waals surface area contributed by atoms with Crippen LogP contribution in [0.4, 0.5) is 0 Å². The van der Waals surface area contributed by atoms with Crippen LogP contribution in [0.5, 0.6) is 5.75 Å². The van der Waals surface area contributed by atoms with Crippen LogP contribution in [0.1, 0.15) is 31.2 Å². The Bertz CT molecular complexity index is 909. The van der Waals surface area contributed by atoms with E-state index in [1.54, 1.807) is 38.3 Å². The van der Waals surface area contributed by atoms with E-state index in [-0.39, 0.29) is 5.75 Å². The fraction of sp³-hybridized carbons (Fsp3) is 0.500. The number of aryl methyl sites for hydroxylation is 1. The van der Waals surface area contributed by atoms with Gasteiger partial charge in [-0.3, -0.25) is 4.79 Å². The van der Waals surface area contributed by atoms with Crippen LogP contribution >= 0.6 is 11.8 Å². The van der Waals surface area contributed by atoms with E-state index in [9.17, 15) is 13.2 Å². The van der Waals surface area contributed by atoms with Gasteiger partial charge in [-0.1, -0.05) is 13.0 Å². The third kappa shape index (κ3) is 7.74. The summed E-state index contributed by atoms with van der Waals surface area (Å²) in [5, 5.41) is 2.67. The summed E-state index contributed by atoms with van der Waals surface area (Å²) >= 11 is 1.83. The van der Waals surface area contributed by atoms with Crippen LogP contribution in [0.2, 0.25) is 0 Å². The number of benzene rings is 1. The molecular weight excluding hydrogens is 412 g/mol. The Labute approximate surface area is 176 Å².